The molecule has 0 saturated carbocycles. The van der Waals surface area contributed by atoms with Crippen LogP contribution in [0.15, 0.2) is 45.1 Å². The van der Waals surface area contributed by atoms with Crippen LogP contribution < -0.4 is 9.47 Å². The minimum atomic E-state index is -0.302. The summed E-state index contributed by atoms with van der Waals surface area (Å²) in [6, 6.07) is 8.87. The molecule has 0 aliphatic carbocycles. The number of halogens is 2. The molecule has 0 spiro atoms. The highest BCUT2D eigenvalue weighted by atomic mass is 32.2. The second kappa shape index (κ2) is 9.38. The monoisotopic (exact) mass is 426 g/mol. The van der Waals surface area contributed by atoms with E-state index in [4.69, 9.17) is 9.47 Å². The maximum Gasteiger partial charge on any atom is 0.175 e. The van der Waals surface area contributed by atoms with Crippen molar-refractivity contribution in [1.29, 1.82) is 0 Å². The van der Waals surface area contributed by atoms with Gasteiger partial charge in [0.15, 0.2) is 8.68 Å². The molecule has 3 rings (SSSR count). The maximum atomic E-state index is 13.4. The molecule has 2 aromatic carbocycles. The first-order chi connectivity index (χ1) is 13.1. The van der Waals surface area contributed by atoms with Gasteiger partial charge in [-0.05, 0) is 36.4 Å². The van der Waals surface area contributed by atoms with Crippen molar-refractivity contribution in [2.24, 2.45) is 0 Å². The number of aromatic nitrogens is 2. The highest BCUT2D eigenvalue weighted by molar-refractivity contribution is 8.02. The molecule has 0 saturated heterocycles. The fraction of sp³-hybridized carbons (Fsp3) is 0.222. The van der Waals surface area contributed by atoms with Gasteiger partial charge in [0.25, 0.3) is 0 Å². The SMILES string of the molecule is COc1ccc(F)cc1CSc1nnc(SCc2cc(F)ccc2OC)s1. The largest absolute Gasteiger partial charge is 0.496 e. The molecule has 1 aromatic heterocycles. The van der Waals surface area contributed by atoms with E-state index in [-0.39, 0.29) is 11.6 Å². The summed E-state index contributed by atoms with van der Waals surface area (Å²) in [6.45, 7) is 0. The van der Waals surface area contributed by atoms with E-state index < -0.39 is 0 Å². The Balaban J connectivity index is 1.61. The van der Waals surface area contributed by atoms with Crippen LogP contribution in [0, 0.1) is 11.6 Å². The Morgan fingerprint density at radius 2 is 1.26 bits per heavy atom. The average molecular weight is 427 g/mol. The van der Waals surface area contributed by atoms with Crippen LogP contribution in [0.5, 0.6) is 11.5 Å². The van der Waals surface area contributed by atoms with E-state index in [9.17, 15) is 8.78 Å². The molecule has 9 heteroatoms. The normalized spacial score (nSPS) is 10.8. The standard InChI is InChI=1S/C18H16F2N2O2S3/c1-23-15-5-3-13(19)7-11(15)9-25-17-21-22-18(27-17)26-10-12-8-14(20)4-6-16(12)24-2/h3-8H,9-10H2,1-2H3. The van der Waals surface area contributed by atoms with Crippen LogP contribution in [0.4, 0.5) is 8.78 Å². The first-order valence-electron chi connectivity index (χ1n) is 7.83. The zero-order valence-electron chi connectivity index (χ0n) is 14.6. The third kappa shape index (κ3) is 5.33. The van der Waals surface area contributed by atoms with E-state index in [1.54, 1.807) is 26.4 Å². The van der Waals surface area contributed by atoms with Crippen molar-refractivity contribution in [3.63, 3.8) is 0 Å². The summed E-state index contributed by atoms with van der Waals surface area (Å²) in [4.78, 5) is 0. The number of methoxy groups -OCH3 is 2. The molecule has 0 unspecified atom stereocenters. The predicted octanol–water partition coefficient (Wildman–Crippen LogP) is 5.42. The van der Waals surface area contributed by atoms with Crippen molar-refractivity contribution in [3.05, 3.63) is 59.2 Å². The van der Waals surface area contributed by atoms with Crippen LogP contribution in [0.2, 0.25) is 0 Å². The number of ether oxygens (including phenoxy) is 2. The molecule has 3 aromatic rings. The summed E-state index contributed by atoms with van der Waals surface area (Å²) in [7, 11) is 3.11. The summed E-state index contributed by atoms with van der Waals surface area (Å²) in [5.41, 5.74) is 1.52. The van der Waals surface area contributed by atoms with Crippen molar-refractivity contribution < 1.29 is 18.3 Å². The van der Waals surface area contributed by atoms with Gasteiger partial charge in [-0.25, -0.2) is 8.78 Å². The van der Waals surface area contributed by atoms with Gasteiger partial charge in [-0.1, -0.05) is 34.9 Å². The van der Waals surface area contributed by atoms with Gasteiger partial charge in [0, 0.05) is 22.6 Å². The van der Waals surface area contributed by atoms with Crippen LogP contribution in [-0.4, -0.2) is 24.4 Å². The van der Waals surface area contributed by atoms with E-state index in [1.807, 2.05) is 0 Å². The first-order valence-corrected chi connectivity index (χ1v) is 10.6. The van der Waals surface area contributed by atoms with Crippen LogP contribution in [-0.2, 0) is 11.5 Å². The third-order valence-electron chi connectivity index (χ3n) is 3.58. The number of nitrogens with zero attached hydrogens (tertiary/aromatic N) is 2. The molecule has 0 bridgehead atoms. The topological polar surface area (TPSA) is 44.2 Å². The van der Waals surface area contributed by atoms with Gasteiger partial charge < -0.3 is 9.47 Å². The molecule has 0 amide bonds. The number of thioether (sulfide) groups is 2. The molecule has 142 valence electrons. The maximum absolute atomic E-state index is 13.4. The summed E-state index contributed by atoms with van der Waals surface area (Å²) in [6.07, 6.45) is 0. The van der Waals surface area contributed by atoms with Gasteiger partial charge in [-0.15, -0.1) is 10.2 Å². The second-order valence-electron chi connectivity index (χ2n) is 5.32. The van der Waals surface area contributed by atoms with Crippen LogP contribution >= 0.6 is 34.9 Å². The molecule has 27 heavy (non-hydrogen) atoms. The smallest absolute Gasteiger partial charge is 0.175 e. The molecule has 4 nitrogen and oxygen atoms in total. The van der Waals surface area contributed by atoms with E-state index in [1.165, 1.54) is 59.1 Å². The van der Waals surface area contributed by atoms with E-state index in [0.29, 0.717) is 23.0 Å². The third-order valence-corrected chi connectivity index (χ3v) is 6.86. The highest BCUT2D eigenvalue weighted by Crippen LogP contribution is 2.35. The number of hydrogen-bond donors (Lipinski definition) is 0. The van der Waals surface area contributed by atoms with Gasteiger partial charge in [-0.3, -0.25) is 0 Å². The van der Waals surface area contributed by atoms with Gasteiger partial charge in [-0.2, -0.15) is 0 Å². The Labute approximate surface area is 168 Å². The Bertz CT molecular complexity index is 849. The van der Waals surface area contributed by atoms with Gasteiger partial charge in [0.1, 0.15) is 23.1 Å². The molecule has 1 heterocycles. The second-order valence-corrected chi connectivity index (χ2v) is 8.75. The first kappa shape index (κ1) is 19.9. The minimum Gasteiger partial charge on any atom is -0.496 e. The zero-order valence-corrected chi connectivity index (χ0v) is 17.0. The molecule has 0 fully saturated rings. The fourth-order valence-corrected chi connectivity index (χ4v) is 5.29. The highest BCUT2D eigenvalue weighted by Gasteiger charge is 2.11. The van der Waals surface area contributed by atoms with E-state index >= 15 is 0 Å². The molecule has 0 N–H and O–H groups in total. The predicted molar refractivity (Wildman–Crippen MR) is 105 cm³/mol. The number of hydrogen-bond acceptors (Lipinski definition) is 7. The molecule has 0 atom stereocenters. The fourth-order valence-electron chi connectivity index (χ4n) is 2.31. The van der Waals surface area contributed by atoms with Gasteiger partial charge in [0.05, 0.1) is 14.2 Å². The van der Waals surface area contributed by atoms with Gasteiger partial charge in [0.2, 0.25) is 0 Å². The Kier molecular flexibility index (Phi) is 6.92. The quantitative estimate of drug-likeness (QED) is 0.448. The van der Waals surface area contributed by atoms with Crippen LogP contribution in [0.1, 0.15) is 11.1 Å². The number of benzene rings is 2. The Morgan fingerprint density at radius 1 is 0.815 bits per heavy atom. The molecular weight excluding hydrogens is 410 g/mol. The molecule has 0 aliphatic rings. The summed E-state index contributed by atoms with van der Waals surface area (Å²) >= 11 is 4.37. The van der Waals surface area contributed by atoms with Crippen molar-refractivity contribution in [3.8, 4) is 11.5 Å². The van der Waals surface area contributed by atoms with Crippen molar-refractivity contribution in [2.45, 2.75) is 20.2 Å². The molecular formula is C18H16F2N2O2S3. The summed E-state index contributed by atoms with van der Waals surface area (Å²) < 4.78 is 38.9. The van der Waals surface area contributed by atoms with Crippen LogP contribution in [0.3, 0.4) is 0 Å². The Morgan fingerprint density at radius 3 is 1.67 bits per heavy atom. The van der Waals surface area contributed by atoms with E-state index in [2.05, 4.69) is 10.2 Å². The summed E-state index contributed by atoms with van der Waals surface area (Å²) in [5, 5.41) is 8.30. The molecule has 0 aliphatic heterocycles. The van der Waals surface area contributed by atoms with Crippen molar-refractivity contribution in [2.75, 3.05) is 14.2 Å². The lowest BCUT2D eigenvalue weighted by Crippen LogP contribution is -1.91. The summed E-state index contributed by atoms with van der Waals surface area (Å²) in [5.74, 6) is 1.73. The van der Waals surface area contributed by atoms with Gasteiger partial charge >= 0.3 is 0 Å². The Hall–Kier alpha value is -1.84. The molecule has 0 radical (unpaired) electrons. The van der Waals surface area contributed by atoms with Crippen molar-refractivity contribution >= 4 is 34.9 Å². The lowest BCUT2D eigenvalue weighted by molar-refractivity contribution is 0.410. The van der Waals surface area contributed by atoms with Crippen molar-refractivity contribution in [1.82, 2.24) is 10.2 Å². The minimum absolute atomic E-state index is 0.302. The average Bonchev–Trinajstić information content (AvgIpc) is 3.13. The number of rotatable bonds is 8. The lowest BCUT2D eigenvalue weighted by atomic mass is 10.2. The lowest BCUT2D eigenvalue weighted by Gasteiger charge is -2.07. The zero-order chi connectivity index (χ0) is 19.2. The van der Waals surface area contributed by atoms with Crippen LogP contribution in [0.25, 0.3) is 0 Å². The van der Waals surface area contributed by atoms with E-state index in [0.717, 1.165) is 19.8 Å².